The van der Waals surface area contributed by atoms with Gasteiger partial charge < -0.3 is 39.5 Å². The minimum absolute atomic E-state index is 0.198. The molecule has 4 rings (SSSR count). The van der Waals surface area contributed by atoms with Gasteiger partial charge >= 0.3 is 14.5 Å². The number of quaternary nitrogens is 2. The number of aromatic amines is 1. The highest BCUT2D eigenvalue weighted by Crippen LogP contribution is 2.27. The second-order valence-corrected chi connectivity index (χ2v) is 5.95. The lowest BCUT2D eigenvalue weighted by molar-refractivity contribution is -1.15. The first-order valence-electron chi connectivity index (χ1n) is 7.47. The summed E-state index contributed by atoms with van der Waals surface area (Å²) in [6.45, 7) is 4.81. The zero-order valence-electron chi connectivity index (χ0n) is 13.6. The lowest BCUT2D eigenvalue weighted by Crippen LogP contribution is -2.71. The minimum atomic E-state index is -6.00. The van der Waals surface area contributed by atoms with E-state index in [0.717, 1.165) is 24.1 Å². The van der Waals surface area contributed by atoms with Crippen molar-refractivity contribution in [1.29, 1.82) is 0 Å². The fraction of sp³-hybridized carbons (Fsp3) is 0.636. The van der Waals surface area contributed by atoms with Gasteiger partial charge in [-0.3, -0.25) is 4.48 Å². The van der Waals surface area contributed by atoms with Crippen molar-refractivity contribution < 1.29 is 48.2 Å². The second kappa shape index (κ2) is 10.4. The lowest BCUT2D eigenvalue weighted by Gasteiger charge is -2.48. The Morgan fingerprint density at radius 3 is 1.23 bits per heavy atom. The van der Waals surface area contributed by atoms with Crippen LogP contribution in [-0.4, -0.2) is 74.0 Å². The predicted octanol–water partition coefficient (Wildman–Crippen LogP) is 4.34. The summed E-state index contributed by atoms with van der Waals surface area (Å²) < 4.78 is 92.3. The number of hydrogen-bond donors (Lipinski definition) is 1. The van der Waals surface area contributed by atoms with Crippen molar-refractivity contribution in [2.75, 3.05) is 45.3 Å². The van der Waals surface area contributed by atoms with E-state index in [2.05, 4.69) is 4.98 Å². The van der Waals surface area contributed by atoms with E-state index in [4.69, 9.17) is 11.6 Å². The molecule has 0 saturated carbocycles. The van der Waals surface area contributed by atoms with Crippen LogP contribution in [0.4, 0.5) is 39.0 Å². The van der Waals surface area contributed by atoms with Crippen LogP contribution < -0.4 is 0 Å². The number of piperazine rings is 3. The van der Waals surface area contributed by atoms with Gasteiger partial charge in [0.15, 0.2) is 25.6 Å². The largest absolute Gasteiger partial charge is 0.673 e. The quantitative estimate of drug-likeness (QED) is 0.173. The molecule has 1 N–H and O–H groups in total. The summed E-state index contributed by atoms with van der Waals surface area (Å²) in [5.74, 6) is 0. The Balaban J connectivity index is 0.000000355. The number of alkyl halides is 1. The molecule has 1 aromatic heterocycles. The van der Waals surface area contributed by atoms with Crippen LogP contribution in [-0.2, 0) is 0 Å². The van der Waals surface area contributed by atoms with Gasteiger partial charge in [0.25, 0.3) is 0 Å². The third kappa shape index (κ3) is 14.2. The topological polar surface area (TPSA) is 15.8 Å². The van der Waals surface area contributed by atoms with Crippen molar-refractivity contribution in [1.82, 2.24) is 4.98 Å². The first kappa shape index (κ1) is 25.0. The maximum absolute atomic E-state index is 13.5. The molecule has 26 heavy (non-hydrogen) atoms. The summed E-state index contributed by atoms with van der Waals surface area (Å²) in [7, 11) is -12.0. The van der Waals surface area contributed by atoms with E-state index < -0.39 is 14.5 Å². The summed E-state index contributed by atoms with van der Waals surface area (Å²) in [5.41, 5.74) is 0. The summed E-state index contributed by atoms with van der Waals surface area (Å²) in [4.78, 5) is 2.86. The number of aromatic nitrogens is 1. The Morgan fingerprint density at radius 2 is 1.04 bits per heavy atom. The fourth-order valence-corrected chi connectivity index (χ4v) is 2.66. The number of nitrogens with zero attached hydrogens (tertiary/aromatic N) is 2. The average molecular weight is 421 g/mol. The van der Waals surface area contributed by atoms with Gasteiger partial charge in [-0.25, -0.2) is 0 Å². The third-order valence-corrected chi connectivity index (χ3v) is 4.18. The van der Waals surface area contributed by atoms with E-state index >= 15 is 0 Å². The number of H-pyrrole nitrogens is 1. The molecule has 2 bridgehead atoms. The molecule has 0 aliphatic carbocycles. The van der Waals surface area contributed by atoms with Crippen LogP contribution in [0.25, 0.3) is 0 Å². The monoisotopic (exact) mass is 421 g/mol. The Hall–Kier alpha value is -1.01. The van der Waals surface area contributed by atoms with Gasteiger partial charge in [0, 0.05) is 12.4 Å². The molecule has 154 valence electrons. The normalized spacial score (nSPS) is 27.2. The highest BCUT2D eigenvalue weighted by molar-refractivity contribution is 6.50. The molecule has 15 heteroatoms. The first-order chi connectivity index (χ1) is 11.7. The molecule has 1 aromatic rings. The molecule has 3 nitrogen and oxygen atoms in total. The third-order valence-electron chi connectivity index (χ3n) is 3.67. The van der Waals surface area contributed by atoms with Gasteiger partial charge in [0.05, 0.1) is 0 Å². The summed E-state index contributed by atoms with van der Waals surface area (Å²) in [5, 5.41) is 0. The Kier molecular flexibility index (Phi) is 9.95. The number of fused-ring (bicyclic) bond motifs is 3. The van der Waals surface area contributed by atoms with Crippen LogP contribution in [0, 0.1) is 0 Å². The van der Waals surface area contributed by atoms with Gasteiger partial charge in [-0.2, -0.15) is 0 Å². The predicted molar refractivity (Wildman–Crippen MR) is 82.7 cm³/mol. The summed E-state index contributed by atoms with van der Waals surface area (Å²) in [6.07, 6.45) is 3.75. The van der Waals surface area contributed by atoms with Gasteiger partial charge in [-0.1, -0.05) is 11.6 Å². The molecule has 3 aliphatic heterocycles. The number of rotatable bonds is 1. The van der Waals surface area contributed by atoms with Crippen LogP contribution in [0.2, 0.25) is 0 Å². The van der Waals surface area contributed by atoms with Gasteiger partial charge in [0.1, 0.15) is 19.6 Å². The minimum Gasteiger partial charge on any atom is -0.418 e. The van der Waals surface area contributed by atoms with Crippen molar-refractivity contribution in [3.63, 3.8) is 0 Å². The molecule has 0 unspecified atom stereocenters. The zero-order valence-corrected chi connectivity index (χ0v) is 14.3. The van der Waals surface area contributed by atoms with E-state index in [0.29, 0.717) is 25.6 Å². The Labute approximate surface area is 150 Å². The van der Waals surface area contributed by atoms with E-state index in [1.165, 1.54) is 0 Å². The van der Waals surface area contributed by atoms with Gasteiger partial charge in [-0.05, 0) is 16.6 Å². The Morgan fingerprint density at radius 1 is 0.731 bits per heavy atom. The summed E-state index contributed by atoms with van der Waals surface area (Å²) in [6, 6.07) is 4.56. The van der Waals surface area contributed by atoms with Crippen LogP contribution >= 0.6 is 11.6 Å². The molecule has 4 heterocycles. The molecular formula is C11H19B2ClF9N3. The van der Waals surface area contributed by atoms with E-state index in [9.17, 15) is 39.0 Å². The standard InChI is InChI=1S/C7H14ClFN2.C4H5N.2BF4/c8-7-10-1-4-11(9,5-2-10)6-3-10;1-2-4-5-3-1;2*2-1(3,4)5/h1-7H2;1-5H;;/q+2;;2*-1. The van der Waals surface area contributed by atoms with Gasteiger partial charge in [0.2, 0.25) is 0 Å². The SMILES string of the molecule is F[B-](F)(F)F.F[B-](F)(F)F.F[N+]12CC[N+](CCl)(CC1)CC2.c1cc[nH]c1. The zero-order chi connectivity index (χ0) is 20.5. The number of halogens is 10. The van der Waals surface area contributed by atoms with Crippen molar-refractivity contribution >= 4 is 26.1 Å². The average Bonchev–Trinajstić information content (AvgIpc) is 3.04. The molecule has 0 radical (unpaired) electrons. The highest BCUT2D eigenvalue weighted by atomic mass is 35.5. The van der Waals surface area contributed by atoms with Crippen LogP contribution in [0.1, 0.15) is 0 Å². The highest BCUT2D eigenvalue weighted by Gasteiger charge is 2.50. The van der Waals surface area contributed by atoms with E-state index in [1.807, 2.05) is 24.5 Å². The van der Waals surface area contributed by atoms with Crippen LogP contribution in [0.3, 0.4) is 0 Å². The fourth-order valence-electron chi connectivity index (χ4n) is 2.30. The molecular weight excluding hydrogens is 402 g/mol. The molecule has 3 aliphatic rings. The maximum Gasteiger partial charge on any atom is 0.673 e. The lowest BCUT2D eigenvalue weighted by atomic mass is 10.2. The molecule has 0 amide bonds. The van der Waals surface area contributed by atoms with Crippen molar-refractivity contribution in [2.24, 2.45) is 0 Å². The molecule has 0 aromatic carbocycles. The molecule has 0 spiro atoms. The summed E-state index contributed by atoms with van der Waals surface area (Å²) >= 11 is 5.85. The Bertz CT molecular complexity index is 418. The molecule has 3 saturated heterocycles. The maximum atomic E-state index is 13.5. The van der Waals surface area contributed by atoms with E-state index in [1.54, 1.807) is 0 Å². The van der Waals surface area contributed by atoms with Crippen LogP contribution in [0.5, 0.6) is 0 Å². The van der Waals surface area contributed by atoms with Gasteiger partial charge in [-0.15, -0.1) is 4.71 Å². The van der Waals surface area contributed by atoms with Crippen molar-refractivity contribution in [3.05, 3.63) is 24.5 Å². The molecule has 0 atom stereocenters. The number of hydrogen-bond acceptors (Lipinski definition) is 0. The smallest absolute Gasteiger partial charge is 0.418 e. The first-order valence-corrected chi connectivity index (χ1v) is 8.01. The molecule has 3 fully saturated rings. The van der Waals surface area contributed by atoms with Crippen LogP contribution in [0.15, 0.2) is 24.5 Å². The van der Waals surface area contributed by atoms with Crippen molar-refractivity contribution in [3.8, 4) is 0 Å². The van der Waals surface area contributed by atoms with E-state index in [-0.39, 0.29) is 4.71 Å². The van der Waals surface area contributed by atoms with Crippen molar-refractivity contribution in [2.45, 2.75) is 0 Å². The second-order valence-electron chi connectivity index (χ2n) is 5.71. The number of nitrogens with one attached hydrogen (secondary N) is 1.